The molecule has 2 aliphatic rings. The Balaban J connectivity index is 1.73. The Morgan fingerprint density at radius 3 is 2.71 bits per heavy atom. The van der Waals surface area contributed by atoms with Gasteiger partial charge in [-0.2, -0.15) is 0 Å². The number of amides is 2. The van der Waals surface area contributed by atoms with Gasteiger partial charge in [0.05, 0.1) is 12.1 Å². The van der Waals surface area contributed by atoms with E-state index in [9.17, 15) is 9.59 Å². The summed E-state index contributed by atoms with van der Waals surface area (Å²) in [6, 6.07) is 5.06. The van der Waals surface area contributed by atoms with Crippen LogP contribution >= 0.6 is 0 Å². The van der Waals surface area contributed by atoms with E-state index < -0.39 is 0 Å². The summed E-state index contributed by atoms with van der Waals surface area (Å²) in [5.41, 5.74) is 0.335. The Kier molecular flexibility index (Phi) is 5.14. The van der Waals surface area contributed by atoms with Crippen LogP contribution in [0.3, 0.4) is 0 Å². The first-order chi connectivity index (χ1) is 11.6. The van der Waals surface area contributed by atoms with Gasteiger partial charge in [0.15, 0.2) is 0 Å². The van der Waals surface area contributed by atoms with Crippen molar-refractivity contribution in [1.82, 2.24) is 15.2 Å². The first-order valence-electron chi connectivity index (χ1n) is 8.80. The van der Waals surface area contributed by atoms with Crippen molar-refractivity contribution in [3.63, 3.8) is 0 Å². The molecule has 0 aliphatic carbocycles. The molecule has 0 spiro atoms. The summed E-state index contributed by atoms with van der Waals surface area (Å²) in [6.45, 7) is 4.85. The van der Waals surface area contributed by atoms with Gasteiger partial charge in [0, 0.05) is 19.7 Å². The van der Waals surface area contributed by atoms with Crippen LogP contribution in [-0.2, 0) is 4.74 Å². The second-order valence-electron chi connectivity index (χ2n) is 6.69. The van der Waals surface area contributed by atoms with Crippen molar-refractivity contribution in [3.8, 4) is 0 Å². The Labute approximate surface area is 142 Å². The van der Waals surface area contributed by atoms with E-state index in [0.717, 1.165) is 45.2 Å². The fourth-order valence-corrected chi connectivity index (χ4v) is 3.51. The zero-order valence-electron chi connectivity index (χ0n) is 14.2. The van der Waals surface area contributed by atoms with Crippen molar-refractivity contribution in [2.75, 3.05) is 26.3 Å². The maximum Gasteiger partial charge on any atom is 0.272 e. The standard InChI is InChI=1S/C18H25N3O3/c1-2-8-18(9-12-24-13-18)20-16(22)14-6-5-7-15(19-14)17(23)21-10-3-4-11-21/h5-7H,2-4,8-13H2,1H3,(H,20,22). The maximum atomic E-state index is 12.6. The lowest BCUT2D eigenvalue weighted by atomic mass is 9.92. The van der Waals surface area contributed by atoms with Crippen molar-refractivity contribution in [2.24, 2.45) is 0 Å². The molecule has 1 N–H and O–H groups in total. The monoisotopic (exact) mass is 331 g/mol. The van der Waals surface area contributed by atoms with Gasteiger partial charge in [0.25, 0.3) is 11.8 Å². The number of pyridine rings is 1. The highest BCUT2D eigenvalue weighted by Gasteiger charge is 2.36. The number of likely N-dealkylation sites (tertiary alicyclic amines) is 1. The average Bonchev–Trinajstić information content (AvgIpc) is 3.27. The van der Waals surface area contributed by atoms with Gasteiger partial charge in [-0.25, -0.2) is 4.98 Å². The second-order valence-corrected chi connectivity index (χ2v) is 6.69. The van der Waals surface area contributed by atoms with Crippen LogP contribution in [0.1, 0.15) is 60.0 Å². The third-order valence-corrected chi connectivity index (χ3v) is 4.80. The molecule has 130 valence electrons. The summed E-state index contributed by atoms with van der Waals surface area (Å²) < 4.78 is 5.48. The van der Waals surface area contributed by atoms with Gasteiger partial charge in [-0.3, -0.25) is 9.59 Å². The molecule has 0 aromatic carbocycles. The molecule has 1 atom stereocenters. The summed E-state index contributed by atoms with van der Waals surface area (Å²) in [4.78, 5) is 31.2. The number of hydrogen-bond donors (Lipinski definition) is 1. The van der Waals surface area contributed by atoms with Gasteiger partial charge in [0.2, 0.25) is 0 Å². The Morgan fingerprint density at radius 2 is 2.04 bits per heavy atom. The summed E-state index contributed by atoms with van der Waals surface area (Å²) in [5.74, 6) is -0.320. The molecule has 1 aromatic rings. The van der Waals surface area contributed by atoms with Crippen LogP contribution in [0.5, 0.6) is 0 Å². The molecule has 3 heterocycles. The lowest BCUT2D eigenvalue weighted by Gasteiger charge is -2.28. The van der Waals surface area contributed by atoms with E-state index >= 15 is 0 Å². The quantitative estimate of drug-likeness (QED) is 0.896. The summed E-state index contributed by atoms with van der Waals surface area (Å²) in [5, 5.41) is 3.09. The van der Waals surface area contributed by atoms with Crippen molar-refractivity contribution >= 4 is 11.8 Å². The smallest absolute Gasteiger partial charge is 0.272 e. The lowest BCUT2D eigenvalue weighted by Crippen LogP contribution is -2.49. The third kappa shape index (κ3) is 3.59. The molecule has 2 saturated heterocycles. The highest BCUT2D eigenvalue weighted by molar-refractivity contribution is 5.96. The fraction of sp³-hybridized carbons (Fsp3) is 0.611. The molecule has 0 radical (unpaired) electrons. The number of aromatic nitrogens is 1. The van der Waals surface area contributed by atoms with Crippen molar-refractivity contribution in [1.29, 1.82) is 0 Å². The van der Waals surface area contributed by atoms with Gasteiger partial charge in [-0.05, 0) is 37.8 Å². The number of ether oxygens (including phenoxy) is 1. The topological polar surface area (TPSA) is 71.5 Å². The van der Waals surface area contributed by atoms with Crippen LogP contribution in [0.15, 0.2) is 18.2 Å². The van der Waals surface area contributed by atoms with E-state index in [-0.39, 0.29) is 17.4 Å². The van der Waals surface area contributed by atoms with Gasteiger partial charge in [0.1, 0.15) is 11.4 Å². The van der Waals surface area contributed by atoms with Gasteiger partial charge in [-0.15, -0.1) is 0 Å². The number of rotatable bonds is 5. The molecule has 2 aliphatic heterocycles. The molecule has 2 amide bonds. The summed E-state index contributed by atoms with van der Waals surface area (Å²) in [7, 11) is 0. The molecule has 1 aromatic heterocycles. The molecule has 0 bridgehead atoms. The lowest BCUT2D eigenvalue weighted by molar-refractivity contribution is 0.0786. The largest absolute Gasteiger partial charge is 0.379 e. The molecule has 0 saturated carbocycles. The zero-order valence-corrected chi connectivity index (χ0v) is 14.2. The van der Waals surface area contributed by atoms with Crippen molar-refractivity contribution in [2.45, 2.75) is 44.6 Å². The molecule has 6 heteroatoms. The highest BCUT2D eigenvalue weighted by Crippen LogP contribution is 2.24. The van der Waals surface area contributed by atoms with E-state index in [1.807, 2.05) is 0 Å². The van der Waals surface area contributed by atoms with E-state index in [2.05, 4.69) is 17.2 Å². The van der Waals surface area contributed by atoms with E-state index in [1.165, 1.54) is 0 Å². The van der Waals surface area contributed by atoms with Crippen LogP contribution in [0, 0.1) is 0 Å². The Morgan fingerprint density at radius 1 is 1.29 bits per heavy atom. The molecule has 3 rings (SSSR count). The van der Waals surface area contributed by atoms with E-state index in [4.69, 9.17) is 4.74 Å². The molecule has 6 nitrogen and oxygen atoms in total. The van der Waals surface area contributed by atoms with Crippen LogP contribution in [0.4, 0.5) is 0 Å². The fourth-order valence-electron chi connectivity index (χ4n) is 3.51. The molecule has 1 unspecified atom stereocenters. The number of carbonyl (C=O) groups excluding carboxylic acids is 2. The van der Waals surface area contributed by atoms with Gasteiger partial charge >= 0.3 is 0 Å². The first kappa shape index (κ1) is 16.9. The molecular formula is C18H25N3O3. The molecule has 2 fully saturated rings. The van der Waals surface area contributed by atoms with Gasteiger partial charge < -0.3 is 15.0 Å². The second kappa shape index (κ2) is 7.30. The number of nitrogens with zero attached hydrogens (tertiary/aromatic N) is 2. The summed E-state index contributed by atoms with van der Waals surface area (Å²) in [6.07, 6.45) is 4.74. The number of hydrogen-bond acceptors (Lipinski definition) is 4. The van der Waals surface area contributed by atoms with E-state index in [0.29, 0.717) is 24.6 Å². The third-order valence-electron chi connectivity index (χ3n) is 4.80. The minimum absolute atomic E-state index is 0.0883. The normalized spacial score (nSPS) is 23.5. The zero-order chi connectivity index (χ0) is 17.0. The summed E-state index contributed by atoms with van der Waals surface area (Å²) >= 11 is 0. The SMILES string of the molecule is CCCC1(NC(=O)c2cccc(C(=O)N3CCCC3)n2)CCOC1. The van der Waals surface area contributed by atoms with Crippen molar-refractivity contribution in [3.05, 3.63) is 29.6 Å². The van der Waals surface area contributed by atoms with Crippen LogP contribution < -0.4 is 5.32 Å². The maximum absolute atomic E-state index is 12.6. The van der Waals surface area contributed by atoms with Crippen LogP contribution in [-0.4, -0.2) is 53.5 Å². The predicted molar refractivity (Wildman–Crippen MR) is 89.9 cm³/mol. The molecular weight excluding hydrogens is 306 g/mol. The number of nitrogens with one attached hydrogen (secondary N) is 1. The number of carbonyl (C=O) groups is 2. The Bertz CT molecular complexity index is 605. The Hall–Kier alpha value is -1.95. The predicted octanol–water partition coefficient (Wildman–Crippen LogP) is 2.01. The first-order valence-corrected chi connectivity index (χ1v) is 8.80. The minimum atomic E-state index is -0.303. The average molecular weight is 331 g/mol. The van der Waals surface area contributed by atoms with Gasteiger partial charge in [-0.1, -0.05) is 19.4 Å². The molecule has 24 heavy (non-hydrogen) atoms. The van der Waals surface area contributed by atoms with Crippen LogP contribution in [0.25, 0.3) is 0 Å². The van der Waals surface area contributed by atoms with Crippen LogP contribution in [0.2, 0.25) is 0 Å². The van der Waals surface area contributed by atoms with Crippen molar-refractivity contribution < 1.29 is 14.3 Å². The minimum Gasteiger partial charge on any atom is -0.379 e. The highest BCUT2D eigenvalue weighted by atomic mass is 16.5. The van der Waals surface area contributed by atoms with E-state index in [1.54, 1.807) is 23.1 Å².